The third-order valence-corrected chi connectivity index (χ3v) is 4.61. The van der Waals surface area contributed by atoms with Gasteiger partial charge in [0, 0.05) is 24.2 Å². The van der Waals surface area contributed by atoms with Crippen LogP contribution in [0, 0.1) is 11.8 Å². The molecule has 3 nitrogen and oxygen atoms in total. The highest BCUT2D eigenvalue weighted by Gasteiger charge is 2.23. The first-order chi connectivity index (χ1) is 9.51. The molecule has 2 atom stereocenters. The molecule has 1 fully saturated rings. The van der Waals surface area contributed by atoms with Gasteiger partial charge in [0.1, 0.15) is 10.7 Å². The molecule has 1 heterocycles. The number of methoxy groups -OCH3 is 1. The molecular formula is C16H24N2OS. The molecule has 2 rings (SSSR count). The van der Waals surface area contributed by atoms with Gasteiger partial charge in [-0.1, -0.05) is 26.1 Å². The molecule has 1 saturated heterocycles. The molecule has 1 aliphatic rings. The van der Waals surface area contributed by atoms with Crippen molar-refractivity contribution in [3.63, 3.8) is 0 Å². The highest BCUT2D eigenvalue weighted by Crippen LogP contribution is 2.27. The lowest BCUT2D eigenvalue weighted by molar-refractivity contribution is 0.131. The summed E-state index contributed by atoms with van der Waals surface area (Å²) in [6.07, 6.45) is 1.26. The molecule has 0 aromatic heterocycles. The topological polar surface area (TPSA) is 38.5 Å². The minimum Gasteiger partial charge on any atom is -0.496 e. The molecule has 2 unspecified atom stereocenters. The largest absolute Gasteiger partial charge is 0.496 e. The van der Waals surface area contributed by atoms with Crippen LogP contribution in [0.15, 0.2) is 18.2 Å². The molecule has 1 aromatic rings. The second kappa shape index (κ2) is 6.55. The Morgan fingerprint density at radius 2 is 2.15 bits per heavy atom. The molecule has 0 amide bonds. The molecule has 4 heteroatoms. The summed E-state index contributed by atoms with van der Waals surface area (Å²) in [6.45, 7) is 7.86. The zero-order valence-corrected chi connectivity index (χ0v) is 13.4. The van der Waals surface area contributed by atoms with Crippen LogP contribution in [-0.4, -0.2) is 30.1 Å². The van der Waals surface area contributed by atoms with Crippen molar-refractivity contribution < 1.29 is 4.74 Å². The van der Waals surface area contributed by atoms with E-state index in [9.17, 15) is 0 Å². The van der Waals surface area contributed by atoms with Crippen molar-refractivity contribution in [2.75, 3.05) is 20.2 Å². The second-order valence-electron chi connectivity index (χ2n) is 5.87. The first kappa shape index (κ1) is 15.3. The standard InChI is InChI=1S/C16H24N2OS/c1-11-6-7-18(9-12(11)2)10-14-8-13(16(17)20)4-5-15(14)19-3/h4-5,8,11-12H,6-7,9-10H2,1-3H3,(H2,17,20). The van der Waals surface area contributed by atoms with Crippen LogP contribution >= 0.6 is 12.2 Å². The van der Waals surface area contributed by atoms with Crippen molar-refractivity contribution in [3.05, 3.63) is 29.3 Å². The lowest BCUT2D eigenvalue weighted by atomic mass is 9.88. The first-order valence-corrected chi connectivity index (χ1v) is 7.61. The number of nitrogens with two attached hydrogens (primary N) is 1. The SMILES string of the molecule is COc1ccc(C(N)=S)cc1CN1CCC(C)C(C)C1. The predicted octanol–water partition coefficient (Wildman–Crippen LogP) is 2.81. The zero-order chi connectivity index (χ0) is 14.7. The predicted molar refractivity (Wildman–Crippen MR) is 87.1 cm³/mol. The number of ether oxygens (including phenoxy) is 1. The summed E-state index contributed by atoms with van der Waals surface area (Å²) >= 11 is 5.06. The Kier molecular flexibility index (Phi) is 5.00. The molecular weight excluding hydrogens is 268 g/mol. The van der Waals surface area contributed by atoms with E-state index < -0.39 is 0 Å². The summed E-state index contributed by atoms with van der Waals surface area (Å²) in [6, 6.07) is 5.94. The first-order valence-electron chi connectivity index (χ1n) is 7.20. The maximum Gasteiger partial charge on any atom is 0.123 e. The minimum atomic E-state index is 0.439. The number of likely N-dealkylation sites (tertiary alicyclic amines) is 1. The van der Waals surface area contributed by atoms with Crippen LogP contribution in [0.5, 0.6) is 5.75 Å². The molecule has 0 spiro atoms. The summed E-state index contributed by atoms with van der Waals surface area (Å²) in [7, 11) is 1.71. The molecule has 0 saturated carbocycles. The average molecular weight is 292 g/mol. The fourth-order valence-corrected chi connectivity index (χ4v) is 2.92. The number of hydrogen-bond acceptors (Lipinski definition) is 3. The van der Waals surface area contributed by atoms with E-state index in [-0.39, 0.29) is 0 Å². The van der Waals surface area contributed by atoms with Gasteiger partial charge in [-0.15, -0.1) is 0 Å². The van der Waals surface area contributed by atoms with E-state index in [1.54, 1.807) is 7.11 Å². The Morgan fingerprint density at radius 3 is 2.75 bits per heavy atom. The van der Waals surface area contributed by atoms with E-state index in [1.165, 1.54) is 12.0 Å². The van der Waals surface area contributed by atoms with E-state index in [0.717, 1.165) is 42.8 Å². The van der Waals surface area contributed by atoms with Crippen molar-refractivity contribution in [2.24, 2.45) is 17.6 Å². The van der Waals surface area contributed by atoms with E-state index in [2.05, 4.69) is 24.8 Å². The zero-order valence-electron chi connectivity index (χ0n) is 12.6. The third kappa shape index (κ3) is 3.49. The van der Waals surface area contributed by atoms with Crippen molar-refractivity contribution >= 4 is 17.2 Å². The third-order valence-electron chi connectivity index (χ3n) is 4.38. The number of rotatable bonds is 4. The van der Waals surface area contributed by atoms with E-state index >= 15 is 0 Å². The van der Waals surface area contributed by atoms with E-state index in [4.69, 9.17) is 22.7 Å². The molecule has 1 aliphatic heterocycles. The van der Waals surface area contributed by atoms with Crippen LogP contribution in [-0.2, 0) is 6.54 Å². The summed E-state index contributed by atoms with van der Waals surface area (Å²) < 4.78 is 5.46. The lowest BCUT2D eigenvalue weighted by Crippen LogP contribution is -2.37. The van der Waals surface area contributed by atoms with Crippen LogP contribution in [0.2, 0.25) is 0 Å². The highest BCUT2D eigenvalue weighted by molar-refractivity contribution is 7.80. The van der Waals surface area contributed by atoms with E-state index in [0.29, 0.717) is 4.99 Å². The monoisotopic (exact) mass is 292 g/mol. The molecule has 110 valence electrons. The van der Waals surface area contributed by atoms with Crippen molar-refractivity contribution in [3.8, 4) is 5.75 Å². The Bertz CT molecular complexity index is 489. The number of thiocarbonyl (C=S) groups is 1. The average Bonchev–Trinajstić information content (AvgIpc) is 2.42. The van der Waals surface area contributed by atoms with Crippen LogP contribution in [0.4, 0.5) is 0 Å². The lowest BCUT2D eigenvalue weighted by Gasteiger charge is -2.35. The maximum atomic E-state index is 5.72. The van der Waals surface area contributed by atoms with Crippen LogP contribution in [0.3, 0.4) is 0 Å². The smallest absolute Gasteiger partial charge is 0.123 e. The molecule has 1 aromatic carbocycles. The van der Waals surface area contributed by atoms with Gasteiger partial charge in [-0.05, 0) is 43.0 Å². The van der Waals surface area contributed by atoms with Gasteiger partial charge in [-0.2, -0.15) is 0 Å². The molecule has 0 aliphatic carbocycles. The molecule has 2 N–H and O–H groups in total. The number of benzene rings is 1. The van der Waals surface area contributed by atoms with Crippen molar-refractivity contribution in [1.82, 2.24) is 4.90 Å². The van der Waals surface area contributed by atoms with Gasteiger partial charge in [-0.3, -0.25) is 4.90 Å². The number of nitrogens with zero attached hydrogens (tertiary/aromatic N) is 1. The molecule has 0 bridgehead atoms. The molecule has 20 heavy (non-hydrogen) atoms. The van der Waals surface area contributed by atoms with Crippen LogP contribution in [0.1, 0.15) is 31.4 Å². The van der Waals surface area contributed by atoms with Crippen molar-refractivity contribution in [2.45, 2.75) is 26.8 Å². The van der Waals surface area contributed by atoms with Crippen LogP contribution in [0.25, 0.3) is 0 Å². The summed E-state index contributed by atoms with van der Waals surface area (Å²) in [5.74, 6) is 2.47. The number of hydrogen-bond donors (Lipinski definition) is 1. The van der Waals surface area contributed by atoms with Crippen molar-refractivity contribution in [1.29, 1.82) is 0 Å². The minimum absolute atomic E-state index is 0.439. The summed E-state index contributed by atoms with van der Waals surface area (Å²) in [5.41, 5.74) is 7.80. The summed E-state index contributed by atoms with van der Waals surface area (Å²) in [4.78, 5) is 2.93. The van der Waals surface area contributed by atoms with Gasteiger partial charge in [0.2, 0.25) is 0 Å². The van der Waals surface area contributed by atoms with Gasteiger partial charge in [0.15, 0.2) is 0 Å². The summed E-state index contributed by atoms with van der Waals surface area (Å²) in [5, 5.41) is 0. The Balaban J connectivity index is 2.15. The Labute approximate surface area is 127 Å². The van der Waals surface area contributed by atoms with Gasteiger partial charge in [0.25, 0.3) is 0 Å². The Morgan fingerprint density at radius 1 is 1.40 bits per heavy atom. The fourth-order valence-electron chi connectivity index (χ4n) is 2.79. The Hall–Kier alpha value is -1.13. The normalized spacial score (nSPS) is 23.6. The fraction of sp³-hybridized carbons (Fsp3) is 0.562. The molecule has 0 radical (unpaired) electrons. The van der Waals surface area contributed by atoms with Gasteiger partial charge in [0.05, 0.1) is 7.11 Å². The maximum absolute atomic E-state index is 5.72. The van der Waals surface area contributed by atoms with Gasteiger partial charge in [-0.25, -0.2) is 0 Å². The second-order valence-corrected chi connectivity index (χ2v) is 6.31. The number of piperidine rings is 1. The van der Waals surface area contributed by atoms with Gasteiger partial charge < -0.3 is 10.5 Å². The quantitative estimate of drug-likeness (QED) is 0.866. The van der Waals surface area contributed by atoms with Gasteiger partial charge >= 0.3 is 0 Å². The van der Waals surface area contributed by atoms with Crippen LogP contribution < -0.4 is 10.5 Å². The highest BCUT2D eigenvalue weighted by atomic mass is 32.1. The van der Waals surface area contributed by atoms with E-state index in [1.807, 2.05) is 12.1 Å².